The second kappa shape index (κ2) is 4.34. The van der Waals surface area contributed by atoms with Crippen molar-refractivity contribution in [3.8, 4) is 0 Å². The summed E-state index contributed by atoms with van der Waals surface area (Å²) in [4.78, 5) is 25.7. The number of urea groups is 1. The zero-order chi connectivity index (χ0) is 13.5. The number of imide groups is 1. The van der Waals surface area contributed by atoms with Crippen molar-refractivity contribution in [2.24, 2.45) is 0 Å². The third-order valence-electron chi connectivity index (χ3n) is 3.69. The maximum Gasteiger partial charge on any atom is 0.325 e. The lowest BCUT2D eigenvalue weighted by molar-refractivity contribution is -0.132. The summed E-state index contributed by atoms with van der Waals surface area (Å²) in [7, 11) is 0. The summed E-state index contributed by atoms with van der Waals surface area (Å²) in [5.74, 6) is 0.361. The van der Waals surface area contributed by atoms with E-state index in [1.807, 2.05) is 0 Å². The van der Waals surface area contributed by atoms with Gasteiger partial charge >= 0.3 is 6.03 Å². The van der Waals surface area contributed by atoms with Crippen molar-refractivity contribution in [2.45, 2.75) is 31.8 Å². The van der Waals surface area contributed by atoms with Crippen LogP contribution in [0.5, 0.6) is 0 Å². The predicted molar refractivity (Wildman–Crippen MR) is 65.2 cm³/mol. The summed E-state index contributed by atoms with van der Waals surface area (Å²) in [6.45, 7) is 3.41. The van der Waals surface area contributed by atoms with Crippen LogP contribution in [0.25, 0.3) is 0 Å². The standard InChI is InChI=1S/C12H16N4O3/c1-8-6-9(19-15-8)7-16-10(17)12(14-11(16)18)2-4-13-5-3-12/h6,13H,2-5,7H2,1H3,(H,14,18). The molecule has 102 valence electrons. The molecule has 3 rings (SSSR count). The smallest absolute Gasteiger partial charge is 0.325 e. The number of amides is 3. The Bertz CT molecular complexity index is 519. The molecule has 2 aliphatic heterocycles. The number of hydrogen-bond donors (Lipinski definition) is 2. The van der Waals surface area contributed by atoms with Crippen molar-refractivity contribution in [3.05, 3.63) is 17.5 Å². The van der Waals surface area contributed by atoms with Gasteiger partial charge < -0.3 is 15.2 Å². The second-order valence-corrected chi connectivity index (χ2v) is 5.09. The van der Waals surface area contributed by atoms with Crippen LogP contribution in [0.15, 0.2) is 10.6 Å². The second-order valence-electron chi connectivity index (χ2n) is 5.09. The van der Waals surface area contributed by atoms with Crippen LogP contribution in [-0.2, 0) is 11.3 Å². The molecule has 1 spiro atoms. The first-order valence-electron chi connectivity index (χ1n) is 6.38. The summed E-state index contributed by atoms with van der Waals surface area (Å²) in [6.07, 6.45) is 1.26. The molecule has 2 N–H and O–H groups in total. The molecule has 1 aromatic rings. The lowest BCUT2D eigenvalue weighted by Crippen LogP contribution is -2.53. The molecular formula is C12H16N4O3. The molecule has 1 aromatic heterocycles. The molecule has 7 heteroatoms. The van der Waals surface area contributed by atoms with Gasteiger partial charge in [0.05, 0.1) is 12.2 Å². The minimum Gasteiger partial charge on any atom is -0.359 e. The first kappa shape index (κ1) is 12.2. The number of nitrogens with zero attached hydrogens (tertiary/aromatic N) is 2. The Labute approximate surface area is 110 Å². The number of hydrogen-bond acceptors (Lipinski definition) is 5. The van der Waals surface area contributed by atoms with Crippen LogP contribution in [0, 0.1) is 6.92 Å². The van der Waals surface area contributed by atoms with Crippen molar-refractivity contribution >= 4 is 11.9 Å². The largest absolute Gasteiger partial charge is 0.359 e. The molecule has 19 heavy (non-hydrogen) atoms. The number of nitrogens with one attached hydrogen (secondary N) is 2. The fourth-order valence-corrected chi connectivity index (χ4v) is 2.66. The molecule has 2 saturated heterocycles. The highest BCUT2D eigenvalue weighted by Crippen LogP contribution is 2.28. The van der Waals surface area contributed by atoms with Gasteiger partial charge in [0.1, 0.15) is 5.54 Å². The molecule has 2 fully saturated rings. The molecule has 0 unspecified atom stereocenters. The van der Waals surface area contributed by atoms with Crippen LogP contribution in [0.1, 0.15) is 24.3 Å². The van der Waals surface area contributed by atoms with E-state index in [2.05, 4.69) is 15.8 Å². The van der Waals surface area contributed by atoms with Crippen LogP contribution in [0.3, 0.4) is 0 Å². The number of carbonyl (C=O) groups excluding carboxylic acids is 2. The first-order valence-corrected chi connectivity index (χ1v) is 6.38. The first-order chi connectivity index (χ1) is 9.11. The molecular weight excluding hydrogens is 248 g/mol. The van der Waals surface area contributed by atoms with Crippen LogP contribution < -0.4 is 10.6 Å². The number of carbonyl (C=O) groups is 2. The van der Waals surface area contributed by atoms with Gasteiger partial charge in [-0.1, -0.05) is 5.16 Å². The van der Waals surface area contributed by atoms with E-state index in [-0.39, 0.29) is 18.5 Å². The van der Waals surface area contributed by atoms with E-state index in [1.54, 1.807) is 13.0 Å². The summed E-state index contributed by atoms with van der Waals surface area (Å²) >= 11 is 0. The highest BCUT2D eigenvalue weighted by atomic mass is 16.5. The highest BCUT2D eigenvalue weighted by molar-refractivity contribution is 6.07. The third kappa shape index (κ3) is 1.99. The lowest BCUT2D eigenvalue weighted by atomic mass is 9.88. The molecule has 0 bridgehead atoms. The van der Waals surface area contributed by atoms with Gasteiger partial charge in [-0.3, -0.25) is 9.69 Å². The lowest BCUT2D eigenvalue weighted by Gasteiger charge is -2.30. The number of aromatic nitrogens is 1. The minimum absolute atomic E-state index is 0.140. The summed E-state index contributed by atoms with van der Waals surface area (Å²) in [6, 6.07) is 1.38. The number of rotatable bonds is 2. The Balaban J connectivity index is 1.79. The van der Waals surface area contributed by atoms with E-state index in [1.165, 1.54) is 4.90 Å². The van der Waals surface area contributed by atoms with Gasteiger partial charge in [-0.2, -0.15) is 0 Å². The van der Waals surface area contributed by atoms with E-state index in [0.29, 0.717) is 18.6 Å². The summed E-state index contributed by atoms with van der Waals surface area (Å²) in [5, 5.41) is 9.78. The Morgan fingerprint density at radius 2 is 2.16 bits per heavy atom. The Kier molecular flexibility index (Phi) is 2.78. The average Bonchev–Trinajstić information content (AvgIpc) is 2.89. The molecule has 0 aliphatic carbocycles. The zero-order valence-electron chi connectivity index (χ0n) is 10.7. The van der Waals surface area contributed by atoms with E-state index >= 15 is 0 Å². The number of aryl methyl sites for hydroxylation is 1. The normalized spacial score (nSPS) is 22.1. The van der Waals surface area contributed by atoms with Crippen molar-refractivity contribution < 1.29 is 14.1 Å². The summed E-state index contributed by atoms with van der Waals surface area (Å²) < 4.78 is 5.06. The Hall–Kier alpha value is -1.89. The topological polar surface area (TPSA) is 87.5 Å². The SMILES string of the molecule is Cc1cc(CN2C(=O)NC3(CCNCC3)C2=O)on1. The van der Waals surface area contributed by atoms with Gasteiger partial charge in [0.25, 0.3) is 5.91 Å². The van der Waals surface area contributed by atoms with Gasteiger partial charge in [0.15, 0.2) is 5.76 Å². The fourth-order valence-electron chi connectivity index (χ4n) is 2.66. The highest BCUT2D eigenvalue weighted by Gasteiger charge is 2.51. The van der Waals surface area contributed by atoms with Crippen molar-refractivity contribution in [1.82, 2.24) is 20.7 Å². The molecule has 2 aliphatic rings. The van der Waals surface area contributed by atoms with Crippen LogP contribution >= 0.6 is 0 Å². The van der Waals surface area contributed by atoms with Crippen LogP contribution in [0.2, 0.25) is 0 Å². The van der Waals surface area contributed by atoms with Crippen molar-refractivity contribution in [1.29, 1.82) is 0 Å². The average molecular weight is 264 g/mol. The quantitative estimate of drug-likeness (QED) is 0.743. The van der Waals surface area contributed by atoms with E-state index in [9.17, 15) is 9.59 Å². The maximum absolute atomic E-state index is 12.5. The van der Waals surface area contributed by atoms with Crippen molar-refractivity contribution in [3.63, 3.8) is 0 Å². The minimum atomic E-state index is -0.725. The molecule has 0 aromatic carbocycles. The van der Waals surface area contributed by atoms with Gasteiger partial charge in [-0.25, -0.2) is 4.79 Å². The van der Waals surface area contributed by atoms with Gasteiger partial charge in [0.2, 0.25) is 0 Å². The Morgan fingerprint density at radius 3 is 2.79 bits per heavy atom. The molecule has 7 nitrogen and oxygen atoms in total. The Morgan fingerprint density at radius 1 is 1.42 bits per heavy atom. The van der Waals surface area contributed by atoms with E-state index in [4.69, 9.17) is 4.52 Å². The summed E-state index contributed by atoms with van der Waals surface area (Å²) in [5.41, 5.74) is 0.0100. The van der Waals surface area contributed by atoms with Gasteiger partial charge in [0, 0.05) is 6.07 Å². The van der Waals surface area contributed by atoms with Crippen LogP contribution in [0.4, 0.5) is 4.79 Å². The van der Waals surface area contributed by atoms with Gasteiger partial charge in [-0.05, 0) is 32.9 Å². The number of piperidine rings is 1. The monoisotopic (exact) mass is 264 g/mol. The third-order valence-corrected chi connectivity index (χ3v) is 3.69. The maximum atomic E-state index is 12.5. The predicted octanol–water partition coefficient (Wildman–Crippen LogP) is 0.157. The zero-order valence-corrected chi connectivity index (χ0v) is 10.7. The fraction of sp³-hybridized carbons (Fsp3) is 0.583. The van der Waals surface area contributed by atoms with E-state index in [0.717, 1.165) is 18.8 Å². The molecule has 3 heterocycles. The van der Waals surface area contributed by atoms with Gasteiger partial charge in [-0.15, -0.1) is 0 Å². The molecule has 3 amide bonds. The molecule has 0 atom stereocenters. The van der Waals surface area contributed by atoms with E-state index < -0.39 is 5.54 Å². The molecule has 0 saturated carbocycles. The van der Waals surface area contributed by atoms with Crippen molar-refractivity contribution in [2.75, 3.05) is 13.1 Å². The van der Waals surface area contributed by atoms with Crippen LogP contribution in [-0.4, -0.2) is 40.6 Å². The molecule has 0 radical (unpaired) electrons.